The predicted octanol–water partition coefficient (Wildman–Crippen LogP) is 0.480. The summed E-state index contributed by atoms with van der Waals surface area (Å²) in [7, 11) is 0. The van der Waals surface area contributed by atoms with Gasteiger partial charge in [0, 0.05) is 19.2 Å². The summed E-state index contributed by atoms with van der Waals surface area (Å²) in [5.41, 5.74) is 0. The average molecular weight is 173 g/mol. The summed E-state index contributed by atoms with van der Waals surface area (Å²) in [5.74, 6) is 0. The first-order valence-corrected chi connectivity index (χ1v) is 4.81. The van der Waals surface area contributed by atoms with E-state index in [1.807, 2.05) is 6.92 Å². The number of aliphatic hydroxyl groups excluding tert-OH is 1. The lowest BCUT2D eigenvalue weighted by atomic mass is 10.2. The van der Waals surface area contributed by atoms with Crippen molar-refractivity contribution in [1.82, 2.24) is 4.90 Å². The molecule has 1 heterocycles. The number of hydrogen-bond donors (Lipinski definition) is 1. The summed E-state index contributed by atoms with van der Waals surface area (Å²) in [6.07, 6.45) is 2.47. The van der Waals surface area contributed by atoms with Gasteiger partial charge in [0.1, 0.15) is 0 Å². The van der Waals surface area contributed by atoms with Crippen molar-refractivity contribution >= 4 is 0 Å². The second-order valence-electron chi connectivity index (χ2n) is 3.22. The van der Waals surface area contributed by atoms with E-state index in [4.69, 9.17) is 9.84 Å². The topological polar surface area (TPSA) is 32.7 Å². The molecular formula is C9H19NO2. The third-order valence-electron chi connectivity index (χ3n) is 2.40. The minimum absolute atomic E-state index is 0.266. The molecule has 1 saturated heterocycles. The number of aliphatic hydroxyl groups is 1. The molecule has 0 saturated carbocycles. The summed E-state index contributed by atoms with van der Waals surface area (Å²) in [5, 5.41) is 8.79. The molecule has 0 bridgehead atoms. The van der Waals surface area contributed by atoms with Gasteiger partial charge in [-0.05, 0) is 26.3 Å². The van der Waals surface area contributed by atoms with Gasteiger partial charge in [-0.1, -0.05) is 0 Å². The van der Waals surface area contributed by atoms with Crippen molar-refractivity contribution in [2.24, 2.45) is 0 Å². The van der Waals surface area contributed by atoms with Crippen LogP contribution in [0.3, 0.4) is 0 Å². The van der Waals surface area contributed by atoms with Crippen LogP contribution < -0.4 is 0 Å². The van der Waals surface area contributed by atoms with Crippen LogP contribution in [0.1, 0.15) is 19.8 Å². The molecule has 3 heteroatoms. The summed E-state index contributed by atoms with van der Waals surface area (Å²) in [6.45, 7) is 5.84. The van der Waals surface area contributed by atoms with Crippen LogP contribution in [0.2, 0.25) is 0 Å². The Morgan fingerprint density at radius 2 is 2.42 bits per heavy atom. The van der Waals surface area contributed by atoms with E-state index in [0.717, 1.165) is 26.3 Å². The Hall–Kier alpha value is -0.120. The molecule has 1 aliphatic heterocycles. The highest BCUT2D eigenvalue weighted by Crippen LogP contribution is 2.16. The molecule has 1 rings (SSSR count). The number of β-amino-alcohol motifs (C(OH)–C–C–N with tert-alkyl or cyclic N) is 1. The monoisotopic (exact) mass is 173 g/mol. The smallest absolute Gasteiger partial charge is 0.0621 e. The van der Waals surface area contributed by atoms with Crippen molar-refractivity contribution in [3.05, 3.63) is 0 Å². The van der Waals surface area contributed by atoms with Crippen molar-refractivity contribution in [2.75, 3.05) is 32.9 Å². The molecule has 1 N–H and O–H groups in total. The normalized spacial score (nSPS) is 25.0. The highest BCUT2D eigenvalue weighted by Gasteiger charge is 2.23. The van der Waals surface area contributed by atoms with Gasteiger partial charge in [-0.15, -0.1) is 0 Å². The first kappa shape index (κ1) is 9.96. The van der Waals surface area contributed by atoms with Gasteiger partial charge in [-0.3, -0.25) is 4.90 Å². The lowest BCUT2D eigenvalue weighted by Crippen LogP contribution is -2.35. The number of rotatable bonds is 5. The molecule has 12 heavy (non-hydrogen) atoms. The Morgan fingerprint density at radius 1 is 1.58 bits per heavy atom. The van der Waals surface area contributed by atoms with Gasteiger partial charge in [0.2, 0.25) is 0 Å². The van der Waals surface area contributed by atoms with Gasteiger partial charge in [0.05, 0.1) is 13.2 Å². The highest BCUT2D eigenvalue weighted by molar-refractivity contribution is 4.78. The third-order valence-corrected chi connectivity index (χ3v) is 2.40. The maximum Gasteiger partial charge on any atom is 0.0621 e. The lowest BCUT2D eigenvalue weighted by Gasteiger charge is -2.22. The van der Waals surface area contributed by atoms with Crippen molar-refractivity contribution in [1.29, 1.82) is 0 Å². The zero-order valence-corrected chi connectivity index (χ0v) is 7.83. The SMILES string of the molecule is CCOCC1CCCN1CCO. The molecule has 3 nitrogen and oxygen atoms in total. The maximum absolute atomic E-state index is 8.79. The highest BCUT2D eigenvalue weighted by atomic mass is 16.5. The van der Waals surface area contributed by atoms with Crippen molar-refractivity contribution in [3.8, 4) is 0 Å². The molecule has 0 radical (unpaired) electrons. The lowest BCUT2D eigenvalue weighted by molar-refractivity contribution is 0.0771. The van der Waals surface area contributed by atoms with E-state index in [0.29, 0.717) is 6.04 Å². The molecule has 1 atom stereocenters. The molecule has 0 spiro atoms. The van der Waals surface area contributed by atoms with Crippen LogP contribution in [0.5, 0.6) is 0 Å². The van der Waals surface area contributed by atoms with Crippen LogP contribution in [-0.2, 0) is 4.74 Å². The quantitative estimate of drug-likeness (QED) is 0.656. The molecule has 0 aliphatic carbocycles. The van der Waals surface area contributed by atoms with Gasteiger partial charge in [0.15, 0.2) is 0 Å². The Kier molecular flexibility index (Phi) is 4.58. The molecule has 0 amide bonds. The van der Waals surface area contributed by atoms with Crippen LogP contribution in [0.25, 0.3) is 0 Å². The van der Waals surface area contributed by atoms with E-state index in [9.17, 15) is 0 Å². The van der Waals surface area contributed by atoms with E-state index in [1.54, 1.807) is 0 Å². The number of hydrogen-bond acceptors (Lipinski definition) is 3. The fourth-order valence-corrected chi connectivity index (χ4v) is 1.76. The zero-order valence-electron chi connectivity index (χ0n) is 7.83. The zero-order chi connectivity index (χ0) is 8.81. The molecule has 0 aromatic carbocycles. The number of ether oxygens (including phenoxy) is 1. The van der Waals surface area contributed by atoms with Crippen molar-refractivity contribution < 1.29 is 9.84 Å². The summed E-state index contributed by atoms with van der Waals surface area (Å²) < 4.78 is 5.37. The molecule has 0 aromatic rings. The predicted molar refractivity (Wildman–Crippen MR) is 48.2 cm³/mol. The third kappa shape index (κ3) is 2.73. The number of nitrogens with zero attached hydrogens (tertiary/aromatic N) is 1. The summed E-state index contributed by atoms with van der Waals surface area (Å²) in [6, 6.07) is 0.553. The van der Waals surface area contributed by atoms with E-state index in [2.05, 4.69) is 4.90 Å². The Bertz CT molecular complexity index is 119. The Balaban J connectivity index is 2.20. The van der Waals surface area contributed by atoms with Crippen LogP contribution >= 0.6 is 0 Å². The van der Waals surface area contributed by atoms with Crippen LogP contribution in [0.4, 0.5) is 0 Å². The summed E-state index contributed by atoms with van der Waals surface area (Å²) in [4.78, 5) is 2.32. The van der Waals surface area contributed by atoms with Gasteiger partial charge in [-0.25, -0.2) is 0 Å². The van der Waals surface area contributed by atoms with Crippen molar-refractivity contribution in [2.45, 2.75) is 25.8 Å². The molecule has 72 valence electrons. The maximum atomic E-state index is 8.79. The first-order valence-electron chi connectivity index (χ1n) is 4.81. The average Bonchev–Trinajstić information content (AvgIpc) is 2.50. The fourth-order valence-electron chi connectivity index (χ4n) is 1.76. The van der Waals surface area contributed by atoms with Crippen LogP contribution in [0, 0.1) is 0 Å². The Morgan fingerprint density at radius 3 is 3.08 bits per heavy atom. The van der Waals surface area contributed by atoms with Gasteiger partial charge < -0.3 is 9.84 Å². The fraction of sp³-hybridized carbons (Fsp3) is 1.00. The van der Waals surface area contributed by atoms with E-state index < -0.39 is 0 Å². The van der Waals surface area contributed by atoms with Gasteiger partial charge in [-0.2, -0.15) is 0 Å². The van der Waals surface area contributed by atoms with E-state index in [1.165, 1.54) is 12.8 Å². The van der Waals surface area contributed by atoms with Crippen molar-refractivity contribution in [3.63, 3.8) is 0 Å². The Labute approximate surface area is 74.3 Å². The van der Waals surface area contributed by atoms with Crippen LogP contribution in [0.15, 0.2) is 0 Å². The van der Waals surface area contributed by atoms with Gasteiger partial charge in [0.25, 0.3) is 0 Å². The minimum atomic E-state index is 0.266. The standard InChI is InChI=1S/C9H19NO2/c1-2-12-8-9-4-3-5-10(9)6-7-11/h9,11H,2-8H2,1H3. The largest absolute Gasteiger partial charge is 0.395 e. The summed E-state index contributed by atoms with van der Waals surface area (Å²) >= 11 is 0. The molecule has 1 aliphatic rings. The van der Waals surface area contributed by atoms with E-state index in [-0.39, 0.29) is 6.61 Å². The molecular weight excluding hydrogens is 154 g/mol. The van der Waals surface area contributed by atoms with E-state index >= 15 is 0 Å². The molecule has 1 unspecified atom stereocenters. The first-order chi connectivity index (χ1) is 5.88. The van der Waals surface area contributed by atoms with Crippen LogP contribution in [-0.4, -0.2) is 49.0 Å². The second kappa shape index (κ2) is 5.51. The van der Waals surface area contributed by atoms with Gasteiger partial charge >= 0.3 is 0 Å². The second-order valence-corrected chi connectivity index (χ2v) is 3.22. The molecule has 0 aromatic heterocycles. The minimum Gasteiger partial charge on any atom is -0.395 e. The molecule has 1 fully saturated rings. The number of likely N-dealkylation sites (tertiary alicyclic amines) is 1.